The second-order valence-corrected chi connectivity index (χ2v) is 4.37. The first-order valence-corrected chi connectivity index (χ1v) is 5.98. The number of nitrogens with zero attached hydrogens (tertiary/aromatic N) is 1. The van der Waals surface area contributed by atoms with Gasteiger partial charge in [-0.1, -0.05) is 5.57 Å². The number of rotatable bonds is 5. The van der Waals surface area contributed by atoms with Crippen molar-refractivity contribution in [2.45, 2.75) is 26.2 Å². The summed E-state index contributed by atoms with van der Waals surface area (Å²) in [6.07, 6.45) is 4.53. The number of nitrogens with one attached hydrogen (secondary N) is 1. The molecule has 2 N–H and O–H groups in total. The lowest BCUT2D eigenvalue weighted by molar-refractivity contribution is -0.132. The molecule has 0 aromatic carbocycles. The van der Waals surface area contributed by atoms with E-state index in [0.29, 0.717) is 12.1 Å². The van der Waals surface area contributed by atoms with Gasteiger partial charge in [0.1, 0.15) is 0 Å². The summed E-state index contributed by atoms with van der Waals surface area (Å²) in [5.74, 6) is -0.848. The van der Waals surface area contributed by atoms with Crippen molar-refractivity contribution in [3.05, 3.63) is 11.6 Å². The van der Waals surface area contributed by atoms with E-state index in [1.807, 2.05) is 4.90 Å². The first-order valence-electron chi connectivity index (χ1n) is 5.98. The first-order chi connectivity index (χ1) is 8.09. The van der Waals surface area contributed by atoms with E-state index in [9.17, 15) is 9.59 Å². The Morgan fingerprint density at radius 1 is 1.24 bits per heavy atom. The highest BCUT2D eigenvalue weighted by molar-refractivity contribution is 5.80. The van der Waals surface area contributed by atoms with Gasteiger partial charge in [0.05, 0.1) is 6.54 Å². The average molecular weight is 240 g/mol. The largest absolute Gasteiger partial charge is 0.478 e. The van der Waals surface area contributed by atoms with E-state index in [1.54, 1.807) is 6.92 Å². The molecule has 17 heavy (non-hydrogen) atoms. The molecule has 0 radical (unpaired) electrons. The number of carboxylic acids is 1. The third-order valence-electron chi connectivity index (χ3n) is 2.76. The van der Waals surface area contributed by atoms with E-state index in [1.165, 1.54) is 6.42 Å². The highest BCUT2D eigenvalue weighted by atomic mass is 16.4. The topological polar surface area (TPSA) is 69.6 Å². The number of carbonyl (C=O) groups is 2. The van der Waals surface area contributed by atoms with E-state index < -0.39 is 5.97 Å². The minimum absolute atomic E-state index is 0.104. The maximum Gasteiger partial charge on any atom is 0.328 e. The van der Waals surface area contributed by atoms with Gasteiger partial charge in [0.15, 0.2) is 0 Å². The minimum Gasteiger partial charge on any atom is -0.478 e. The Hall–Kier alpha value is -1.36. The quantitative estimate of drug-likeness (QED) is 0.691. The molecule has 1 fully saturated rings. The van der Waals surface area contributed by atoms with Crippen LogP contribution in [0.15, 0.2) is 11.6 Å². The Bertz CT molecular complexity index is 307. The monoisotopic (exact) mass is 240 g/mol. The molecule has 0 atom stereocenters. The van der Waals surface area contributed by atoms with Gasteiger partial charge >= 0.3 is 5.97 Å². The SMILES string of the molecule is CC(=CC(=O)O)CNCC(=O)N1CCCCC1. The van der Waals surface area contributed by atoms with E-state index in [4.69, 9.17) is 5.11 Å². The molecule has 0 bridgehead atoms. The standard InChI is InChI=1S/C12H20N2O3/c1-10(7-12(16)17)8-13-9-11(15)14-5-3-2-4-6-14/h7,13H,2-6,8-9H2,1H3,(H,16,17). The Morgan fingerprint density at radius 3 is 2.47 bits per heavy atom. The van der Waals surface area contributed by atoms with Gasteiger partial charge in [0.25, 0.3) is 0 Å². The Labute approximate surface area is 101 Å². The number of carbonyl (C=O) groups excluding carboxylic acids is 1. The van der Waals surface area contributed by atoms with Gasteiger partial charge in [-0.05, 0) is 26.2 Å². The van der Waals surface area contributed by atoms with Gasteiger partial charge in [-0.25, -0.2) is 4.79 Å². The van der Waals surface area contributed by atoms with E-state index in [-0.39, 0.29) is 12.5 Å². The summed E-state index contributed by atoms with van der Waals surface area (Å²) in [4.78, 5) is 24.0. The summed E-state index contributed by atoms with van der Waals surface area (Å²) in [5, 5.41) is 11.5. The summed E-state index contributed by atoms with van der Waals surface area (Å²) in [7, 11) is 0. The van der Waals surface area contributed by atoms with Crippen molar-refractivity contribution in [2.75, 3.05) is 26.2 Å². The Morgan fingerprint density at radius 2 is 1.88 bits per heavy atom. The van der Waals surface area contributed by atoms with Gasteiger partial charge in [-0.3, -0.25) is 4.79 Å². The second kappa shape index (κ2) is 7.06. The number of hydrogen-bond donors (Lipinski definition) is 2. The van der Waals surface area contributed by atoms with Gasteiger partial charge in [0.2, 0.25) is 5.91 Å². The summed E-state index contributed by atoms with van der Waals surface area (Å²) in [5.41, 5.74) is 0.712. The van der Waals surface area contributed by atoms with Gasteiger partial charge in [0, 0.05) is 25.7 Å². The summed E-state index contributed by atoms with van der Waals surface area (Å²) in [6, 6.07) is 0. The number of likely N-dealkylation sites (tertiary alicyclic amines) is 1. The van der Waals surface area contributed by atoms with Crippen molar-refractivity contribution >= 4 is 11.9 Å². The molecular weight excluding hydrogens is 220 g/mol. The lowest BCUT2D eigenvalue weighted by atomic mass is 10.1. The number of piperidine rings is 1. The highest BCUT2D eigenvalue weighted by Crippen LogP contribution is 2.08. The van der Waals surface area contributed by atoms with Gasteiger partial charge in [-0.15, -0.1) is 0 Å². The normalized spacial score (nSPS) is 17.0. The molecule has 0 spiro atoms. The molecule has 0 aliphatic carbocycles. The average Bonchev–Trinajstić information content (AvgIpc) is 2.29. The summed E-state index contributed by atoms with van der Waals surface area (Å²) < 4.78 is 0. The smallest absolute Gasteiger partial charge is 0.328 e. The van der Waals surface area contributed by atoms with Crippen molar-refractivity contribution in [2.24, 2.45) is 0 Å². The molecule has 1 amide bonds. The van der Waals surface area contributed by atoms with Crippen LogP contribution in [0, 0.1) is 0 Å². The predicted octanol–water partition coefficient (Wildman–Crippen LogP) is 0.619. The third-order valence-corrected chi connectivity index (χ3v) is 2.76. The predicted molar refractivity (Wildman–Crippen MR) is 64.7 cm³/mol. The van der Waals surface area contributed by atoms with Crippen LogP contribution in [0.2, 0.25) is 0 Å². The summed E-state index contributed by atoms with van der Waals surface area (Å²) >= 11 is 0. The van der Waals surface area contributed by atoms with Crippen molar-refractivity contribution in [3.8, 4) is 0 Å². The second-order valence-electron chi connectivity index (χ2n) is 4.37. The molecule has 0 aromatic rings. The zero-order valence-corrected chi connectivity index (χ0v) is 10.2. The van der Waals surface area contributed by atoms with Crippen LogP contribution in [0.3, 0.4) is 0 Å². The lowest BCUT2D eigenvalue weighted by Crippen LogP contribution is -2.41. The molecule has 1 heterocycles. The van der Waals surface area contributed by atoms with E-state index in [2.05, 4.69) is 5.32 Å². The third kappa shape index (κ3) is 5.49. The fourth-order valence-corrected chi connectivity index (χ4v) is 1.88. The van der Waals surface area contributed by atoms with Crippen LogP contribution in [0.5, 0.6) is 0 Å². The minimum atomic E-state index is -0.952. The molecule has 5 nitrogen and oxygen atoms in total. The zero-order valence-electron chi connectivity index (χ0n) is 10.2. The van der Waals surface area contributed by atoms with Crippen LogP contribution < -0.4 is 5.32 Å². The molecule has 1 aliphatic heterocycles. The van der Waals surface area contributed by atoms with Crippen LogP contribution in [-0.2, 0) is 9.59 Å². The molecule has 96 valence electrons. The maximum absolute atomic E-state index is 11.7. The fraction of sp³-hybridized carbons (Fsp3) is 0.667. The molecule has 0 saturated carbocycles. The molecule has 5 heteroatoms. The van der Waals surface area contributed by atoms with Crippen LogP contribution in [-0.4, -0.2) is 48.1 Å². The molecule has 0 aromatic heterocycles. The Kier molecular flexibility index (Phi) is 5.69. The number of aliphatic carboxylic acids is 1. The molecule has 0 unspecified atom stereocenters. The molecule has 1 rings (SSSR count). The highest BCUT2D eigenvalue weighted by Gasteiger charge is 2.15. The molecule has 1 saturated heterocycles. The maximum atomic E-state index is 11.7. The van der Waals surface area contributed by atoms with Gasteiger partial charge in [-0.2, -0.15) is 0 Å². The zero-order chi connectivity index (χ0) is 12.7. The number of hydrogen-bond acceptors (Lipinski definition) is 3. The van der Waals surface area contributed by atoms with Crippen LogP contribution in [0.4, 0.5) is 0 Å². The van der Waals surface area contributed by atoms with Crippen molar-refractivity contribution in [3.63, 3.8) is 0 Å². The molecule has 1 aliphatic rings. The summed E-state index contributed by atoms with van der Waals surface area (Å²) in [6.45, 7) is 4.15. The van der Waals surface area contributed by atoms with Crippen molar-refractivity contribution in [1.82, 2.24) is 10.2 Å². The van der Waals surface area contributed by atoms with E-state index in [0.717, 1.165) is 32.0 Å². The van der Waals surface area contributed by atoms with E-state index >= 15 is 0 Å². The van der Waals surface area contributed by atoms with Crippen LogP contribution in [0.1, 0.15) is 26.2 Å². The van der Waals surface area contributed by atoms with Crippen molar-refractivity contribution in [1.29, 1.82) is 0 Å². The van der Waals surface area contributed by atoms with Crippen LogP contribution >= 0.6 is 0 Å². The lowest BCUT2D eigenvalue weighted by Gasteiger charge is -2.26. The van der Waals surface area contributed by atoms with Crippen molar-refractivity contribution < 1.29 is 14.7 Å². The number of carboxylic acid groups (broad SMARTS) is 1. The first kappa shape index (κ1) is 13.7. The van der Waals surface area contributed by atoms with Gasteiger partial charge < -0.3 is 15.3 Å². The number of amides is 1. The fourth-order valence-electron chi connectivity index (χ4n) is 1.88. The van der Waals surface area contributed by atoms with Crippen LogP contribution in [0.25, 0.3) is 0 Å². The Balaban J connectivity index is 2.21. The molecular formula is C12H20N2O3.